The maximum Gasteiger partial charge on any atom is 0.268 e. The third kappa shape index (κ3) is 3.56. The second-order valence-corrected chi connectivity index (χ2v) is 7.05. The molecule has 6 nitrogen and oxygen atoms in total. The van der Waals surface area contributed by atoms with Gasteiger partial charge in [0, 0.05) is 18.4 Å². The van der Waals surface area contributed by atoms with Crippen molar-refractivity contribution in [1.29, 1.82) is 0 Å². The Labute approximate surface area is 112 Å². The smallest absolute Gasteiger partial charge is 0.268 e. The lowest BCUT2D eigenvalue weighted by atomic mass is 10.1. The summed E-state index contributed by atoms with van der Waals surface area (Å²) in [6.45, 7) is 2.81. The molecule has 0 radical (unpaired) electrons. The lowest BCUT2D eigenvalue weighted by Gasteiger charge is -2.17. The van der Waals surface area contributed by atoms with Gasteiger partial charge in [0.2, 0.25) is 0 Å². The maximum absolute atomic E-state index is 11.8. The summed E-state index contributed by atoms with van der Waals surface area (Å²) in [6.07, 6.45) is 2.40. The number of sulfone groups is 1. The summed E-state index contributed by atoms with van der Waals surface area (Å²) in [5.74, 6) is 0.133. The standard InChI is InChI=1S/C12H19N3O3S/c1-2-7-19(17,18)8-6-15-12(16)9-11-10(14-15)4-3-5-13-11/h9,13H,2-8H2,1H3. The van der Waals surface area contributed by atoms with Crippen LogP contribution in [0, 0.1) is 0 Å². The Kier molecular flexibility index (Phi) is 4.24. The minimum atomic E-state index is -3.08. The van der Waals surface area contributed by atoms with Gasteiger partial charge >= 0.3 is 0 Å². The Balaban J connectivity index is 2.15. The van der Waals surface area contributed by atoms with E-state index in [-0.39, 0.29) is 23.6 Å². The number of hydrogen-bond donors (Lipinski definition) is 1. The summed E-state index contributed by atoms with van der Waals surface area (Å²) >= 11 is 0. The molecule has 1 N–H and O–H groups in total. The molecule has 1 aliphatic heterocycles. The molecule has 0 saturated heterocycles. The number of nitrogens with one attached hydrogen (secondary N) is 1. The molecule has 1 aromatic rings. The second-order valence-electron chi connectivity index (χ2n) is 4.75. The van der Waals surface area contributed by atoms with Crippen LogP contribution >= 0.6 is 0 Å². The zero-order chi connectivity index (χ0) is 13.9. The van der Waals surface area contributed by atoms with Gasteiger partial charge in [-0.3, -0.25) is 4.79 Å². The molecule has 0 fully saturated rings. The van der Waals surface area contributed by atoms with E-state index >= 15 is 0 Å². The second kappa shape index (κ2) is 5.73. The number of nitrogens with zero attached hydrogens (tertiary/aromatic N) is 2. The van der Waals surface area contributed by atoms with Crippen LogP contribution in [0.1, 0.15) is 25.5 Å². The van der Waals surface area contributed by atoms with Crippen LogP contribution in [-0.4, -0.2) is 36.2 Å². The third-order valence-electron chi connectivity index (χ3n) is 3.11. The van der Waals surface area contributed by atoms with Gasteiger partial charge in [0.05, 0.1) is 23.7 Å². The number of anilines is 1. The molecule has 106 valence electrons. The van der Waals surface area contributed by atoms with Crippen molar-refractivity contribution in [3.05, 3.63) is 22.1 Å². The van der Waals surface area contributed by atoms with Gasteiger partial charge in [-0.15, -0.1) is 0 Å². The number of hydrogen-bond acceptors (Lipinski definition) is 5. The number of aryl methyl sites for hydroxylation is 2. The molecule has 0 atom stereocenters. The van der Waals surface area contributed by atoms with Crippen molar-refractivity contribution in [3.8, 4) is 0 Å². The van der Waals surface area contributed by atoms with E-state index in [2.05, 4.69) is 10.4 Å². The Bertz CT molecular complexity index is 607. The molecular weight excluding hydrogens is 266 g/mol. The van der Waals surface area contributed by atoms with Gasteiger partial charge in [-0.2, -0.15) is 5.10 Å². The molecule has 0 aromatic carbocycles. The highest BCUT2D eigenvalue weighted by Gasteiger charge is 2.15. The summed E-state index contributed by atoms with van der Waals surface area (Å²) in [7, 11) is -3.08. The van der Waals surface area contributed by atoms with E-state index in [4.69, 9.17) is 0 Å². The number of fused-ring (bicyclic) bond motifs is 1. The topological polar surface area (TPSA) is 81.1 Å². The summed E-state index contributed by atoms with van der Waals surface area (Å²) in [4.78, 5) is 11.8. The largest absolute Gasteiger partial charge is 0.383 e. The average molecular weight is 285 g/mol. The first-order valence-corrected chi connectivity index (χ1v) is 8.39. The van der Waals surface area contributed by atoms with Gasteiger partial charge in [0.15, 0.2) is 9.84 Å². The van der Waals surface area contributed by atoms with E-state index in [1.54, 1.807) is 0 Å². The molecule has 0 unspecified atom stereocenters. The van der Waals surface area contributed by atoms with Crippen molar-refractivity contribution in [2.45, 2.75) is 32.7 Å². The van der Waals surface area contributed by atoms with E-state index in [0.717, 1.165) is 30.8 Å². The van der Waals surface area contributed by atoms with E-state index in [1.807, 2.05) is 6.92 Å². The molecule has 19 heavy (non-hydrogen) atoms. The molecule has 0 saturated carbocycles. The van der Waals surface area contributed by atoms with Gasteiger partial charge < -0.3 is 5.32 Å². The number of rotatable bonds is 5. The quantitative estimate of drug-likeness (QED) is 0.848. The van der Waals surface area contributed by atoms with E-state index in [0.29, 0.717) is 6.42 Å². The molecule has 2 rings (SSSR count). The molecule has 0 amide bonds. The van der Waals surface area contributed by atoms with E-state index in [9.17, 15) is 13.2 Å². The Morgan fingerprint density at radius 3 is 2.95 bits per heavy atom. The molecule has 2 heterocycles. The Hall–Kier alpha value is -1.37. The van der Waals surface area contributed by atoms with Crippen molar-refractivity contribution >= 4 is 15.5 Å². The first-order chi connectivity index (χ1) is 9.02. The predicted octanol–water partition coefficient (Wildman–Crippen LogP) is 0.426. The summed E-state index contributed by atoms with van der Waals surface area (Å²) in [5, 5.41) is 7.38. The van der Waals surface area contributed by atoms with Gasteiger partial charge in [-0.1, -0.05) is 6.92 Å². The van der Waals surface area contributed by atoms with Crippen LogP contribution in [0.15, 0.2) is 10.9 Å². The molecule has 7 heteroatoms. The molecule has 0 aliphatic carbocycles. The van der Waals surface area contributed by atoms with Gasteiger partial charge in [-0.25, -0.2) is 13.1 Å². The van der Waals surface area contributed by atoms with Crippen LogP contribution in [0.5, 0.6) is 0 Å². The van der Waals surface area contributed by atoms with E-state index in [1.165, 1.54) is 10.7 Å². The minimum absolute atomic E-state index is 0.0278. The van der Waals surface area contributed by atoms with Crippen molar-refractivity contribution < 1.29 is 8.42 Å². The molecule has 0 spiro atoms. The normalized spacial score (nSPS) is 14.8. The van der Waals surface area contributed by atoms with Gasteiger partial charge in [0.1, 0.15) is 0 Å². The zero-order valence-electron chi connectivity index (χ0n) is 11.1. The zero-order valence-corrected chi connectivity index (χ0v) is 11.9. The monoisotopic (exact) mass is 285 g/mol. The van der Waals surface area contributed by atoms with Crippen LogP contribution in [0.3, 0.4) is 0 Å². The lowest BCUT2D eigenvalue weighted by Crippen LogP contribution is -2.29. The summed E-state index contributed by atoms with van der Waals surface area (Å²) in [6, 6.07) is 1.51. The van der Waals surface area contributed by atoms with Crippen LogP contribution in [-0.2, 0) is 22.8 Å². The summed E-state index contributed by atoms with van der Waals surface area (Å²) < 4.78 is 24.6. The van der Waals surface area contributed by atoms with Crippen LogP contribution in [0.2, 0.25) is 0 Å². The van der Waals surface area contributed by atoms with Crippen molar-refractivity contribution in [1.82, 2.24) is 9.78 Å². The minimum Gasteiger partial charge on any atom is -0.383 e. The van der Waals surface area contributed by atoms with Gasteiger partial charge in [0.25, 0.3) is 5.56 Å². The van der Waals surface area contributed by atoms with Gasteiger partial charge in [-0.05, 0) is 19.3 Å². The Morgan fingerprint density at radius 1 is 1.42 bits per heavy atom. The Morgan fingerprint density at radius 2 is 2.21 bits per heavy atom. The molecule has 1 aromatic heterocycles. The van der Waals surface area contributed by atoms with Crippen molar-refractivity contribution in [2.24, 2.45) is 0 Å². The van der Waals surface area contributed by atoms with Crippen LogP contribution in [0.25, 0.3) is 0 Å². The first kappa shape index (κ1) is 14.0. The molecular formula is C12H19N3O3S. The predicted molar refractivity (Wildman–Crippen MR) is 74.3 cm³/mol. The number of aromatic nitrogens is 2. The average Bonchev–Trinajstić information content (AvgIpc) is 2.36. The van der Waals surface area contributed by atoms with Crippen LogP contribution < -0.4 is 10.9 Å². The highest BCUT2D eigenvalue weighted by molar-refractivity contribution is 7.91. The lowest BCUT2D eigenvalue weighted by molar-refractivity contribution is 0.561. The first-order valence-electron chi connectivity index (χ1n) is 6.57. The SMILES string of the molecule is CCCS(=O)(=O)CCn1nc2c(cc1=O)NCCC2. The highest BCUT2D eigenvalue weighted by atomic mass is 32.2. The van der Waals surface area contributed by atoms with E-state index < -0.39 is 9.84 Å². The van der Waals surface area contributed by atoms with Crippen molar-refractivity contribution in [2.75, 3.05) is 23.4 Å². The summed E-state index contributed by atoms with van der Waals surface area (Å²) in [5.41, 5.74) is 1.38. The maximum atomic E-state index is 11.8. The fourth-order valence-corrected chi connectivity index (χ4v) is 3.42. The third-order valence-corrected chi connectivity index (χ3v) is 4.94. The fraction of sp³-hybridized carbons (Fsp3) is 0.667. The van der Waals surface area contributed by atoms with Crippen molar-refractivity contribution in [3.63, 3.8) is 0 Å². The van der Waals surface area contributed by atoms with Crippen LogP contribution in [0.4, 0.5) is 5.69 Å². The molecule has 1 aliphatic rings. The fourth-order valence-electron chi connectivity index (χ4n) is 2.15. The highest BCUT2D eigenvalue weighted by Crippen LogP contribution is 2.16. The molecule has 0 bridgehead atoms.